The Balaban J connectivity index is 2.03. The molecule has 0 saturated heterocycles. The summed E-state index contributed by atoms with van der Waals surface area (Å²) >= 11 is 0. The van der Waals surface area contributed by atoms with Gasteiger partial charge in [0.2, 0.25) is 0 Å². The molecule has 0 radical (unpaired) electrons. The van der Waals surface area contributed by atoms with Crippen LogP contribution in [0.5, 0.6) is 0 Å². The van der Waals surface area contributed by atoms with Gasteiger partial charge in [-0.2, -0.15) is 0 Å². The Morgan fingerprint density at radius 2 is 2.25 bits per heavy atom. The standard InChI is InChI=1S/C12H19N3O4S/c1-2-9-13-7-10(15-9)20(18,19)14-8-12(4-3-5-12)6-11(16)17/h7,14H,2-6,8H2,1H3,(H,13,15)(H,16,17). The van der Waals surface area contributed by atoms with Gasteiger partial charge in [0.05, 0.1) is 12.6 Å². The number of nitrogens with one attached hydrogen (secondary N) is 2. The molecule has 1 saturated carbocycles. The maximum atomic E-state index is 12.1. The average Bonchev–Trinajstić information content (AvgIpc) is 2.81. The molecule has 1 heterocycles. The zero-order chi connectivity index (χ0) is 14.8. The van der Waals surface area contributed by atoms with E-state index < -0.39 is 21.4 Å². The number of carboxylic acid groups (broad SMARTS) is 1. The predicted molar refractivity (Wildman–Crippen MR) is 71.7 cm³/mol. The molecule has 20 heavy (non-hydrogen) atoms. The van der Waals surface area contributed by atoms with Gasteiger partial charge in [-0.1, -0.05) is 13.3 Å². The van der Waals surface area contributed by atoms with Crippen LogP contribution in [0.15, 0.2) is 11.2 Å². The van der Waals surface area contributed by atoms with Gasteiger partial charge in [0.15, 0.2) is 5.03 Å². The number of aliphatic carboxylic acids is 1. The molecule has 0 amide bonds. The second-order valence-corrected chi connectivity index (χ2v) is 7.03. The average molecular weight is 301 g/mol. The number of hydrogen-bond donors (Lipinski definition) is 3. The lowest BCUT2D eigenvalue weighted by Crippen LogP contribution is -2.43. The van der Waals surface area contributed by atoms with Crippen LogP contribution in [-0.4, -0.2) is 36.0 Å². The number of imidazole rings is 1. The molecule has 112 valence electrons. The van der Waals surface area contributed by atoms with Crippen molar-refractivity contribution in [2.75, 3.05) is 6.54 Å². The second-order valence-electron chi connectivity index (χ2n) is 5.30. The number of carboxylic acids is 1. The largest absolute Gasteiger partial charge is 0.481 e. The normalized spacial score (nSPS) is 17.6. The first-order chi connectivity index (χ1) is 9.37. The Kier molecular flexibility index (Phi) is 4.14. The molecule has 7 nitrogen and oxygen atoms in total. The summed E-state index contributed by atoms with van der Waals surface area (Å²) in [6.45, 7) is 2.03. The van der Waals surface area contributed by atoms with E-state index in [0.29, 0.717) is 12.2 Å². The van der Waals surface area contributed by atoms with E-state index in [2.05, 4.69) is 14.7 Å². The maximum Gasteiger partial charge on any atom is 0.303 e. The Morgan fingerprint density at radius 3 is 2.70 bits per heavy atom. The quantitative estimate of drug-likeness (QED) is 0.692. The van der Waals surface area contributed by atoms with E-state index in [9.17, 15) is 13.2 Å². The van der Waals surface area contributed by atoms with Crippen molar-refractivity contribution in [3.63, 3.8) is 0 Å². The van der Waals surface area contributed by atoms with E-state index in [1.807, 2.05) is 6.92 Å². The molecule has 0 aliphatic heterocycles. The van der Waals surface area contributed by atoms with E-state index in [1.165, 1.54) is 6.20 Å². The van der Waals surface area contributed by atoms with Gasteiger partial charge in [-0.15, -0.1) is 0 Å². The van der Waals surface area contributed by atoms with E-state index in [1.54, 1.807) is 0 Å². The highest BCUT2D eigenvalue weighted by Crippen LogP contribution is 2.43. The molecule has 1 aliphatic carbocycles. The van der Waals surface area contributed by atoms with Crippen molar-refractivity contribution in [2.45, 2.75) is 44.1 Å². The minimum absolute atomic E-state index is 0.00128. The lowest BCUT2D eigenvalue weighted by molar-refractivity contribution is -0.141. The van der Waals surface area contributed by atoms with Crippen molar-refractivity contribution >= 4 is 16.0 Å². The third-order valence-electron chi connectivity index (χ3n) is 3.81. The predicted octanol–water partition coefficient (Wildman–Crippen LogP) is 0.895. The molecule has 1 aromatic heterocycles. The Hall–Kier alpha value is -1.41. The van der Waals surface area contributed by atoms with E-state index in [4.69, 9.17) is 5.11 Å². The number of nitrogens with zero attached hydrogens (tertiary/aromatic N) is 1. The molecule has 0 bridgehead atoms. The molecular formula is C12H19N3O4S. The number of hydrogen-bond acceptors (Lipinski definition) is 4. The lowest BCUT2D eigenvalue weighted by Gasteiger charge is -2.40. The first-order valence-corrected chi connectivity index (χ1v) is 8.10. The van der Waals surface area contributed by atoms with E-state index >= 15 is 0 Å². The fraction of sp³-hybridized carbons (Fsp3) is 0.667. The van der Waals surface area contributed by atoms with Crippen molar-refractivity contribution in [3.8, 4) is 0 Å². The van der Waals surface area contributed by atoms with Crippen LogP contribution in [0.25, 0.3) is 0 Å². The Labute approximate surface area is 117 Å². The van der Waals surface area contributed by atoms with Gasteiger partial charge in [-0.3, -0.25) is 4.79 Å². The van der Waals surface area contributed by atoms with Crippen molar-refractivity contribution in [3.05, 3.63) is 12.0 Å². The fourth-order valence-electron chi connectivity index (χ4n) is 2.40. The second kappa shape index (κ2) is 5.53. The topological polar surface area (TPSA) is 112 Å². The van der Waals surface area contributed by atoms with Crippen molar-refractivity contribution in [2.24, 2.45) is 5.41 Å². The molecule has 0 aromatic carbocycles. The first-order valence-electron chi connectivity index (χ1n) is 6.62. The van der Waals surface area contributed by atoms with Crippen molar-refractivity contribution in [1.29, 1.82) is 0 Å². The van der Waals surface area contributed by atoms with Crippen LogP contribution in [0.2, 0.25) is 0 Å². The van der Waals surface area contributed by atoms with Gasteiger partial charge >= 0.3 is 5.97 Å². The number of carbonyl (C=O) groups is 1. The lowest BCUT2D eigenvalue weighted by atomic mass is 9.67. The fourth-order valence-corrected chi connectivity index (χ4v) is 3.49. The highest BCUT2D eigenvalue weighted by atomic mass is 32.2. The van der Waals surface area contributed by atoms with Crippen LogP contribution in [0.3, 0.4) is 0 Å². The first kappa shape index (κ1) is 15.0. The van der Waals surface area contributed by atoms with E-state index in [0.717, 1.165) is 19.3 Å². The number of aromatic amines is 1. The monoisotopic (exact) mass is 301 g/mol. The molecule has 1 aliphatic rings. The van der Waals surface area contributed by atoms with Gasteiger partial charge in [0, 0.05) is 13.0 Å². The van der Waals surface area contributed by atoms with Crippen molar-refractivity contribution in [1.82, 2.24) is 14.7 Å². The summed E-state index contributed by atoms with van der Waals surface area (Å²) in [5.74, 6) is -0.284. The smallest absolute Gasteiger partial charge is 0.303 e. The molecule has 0 spiro atoms. The Bertz CT molecular complexity index is 590. The summed E-state index contributed by atoms with van der Waals surface area (Å²) in [6, 6.07) is 0. The molecule has 0 unspecified atom stereocenters. The third-order valence-corrected chi connectivity index (χ3v) is 5.12. The van der Waals surface area contributed by atoms with Crippen LogP contribution in [0.1, 0.15) is 38.4 Å². The molecule has 0 atom stereocenters. The maximum absolute atomic E-state index is 12.1. The molecule has 1 aromatic rings. The Morgan fingerprint density at radius 1 is 1.55 bits per heavy atom. The number of sulfonamides is 1. The summed E-state index contributed by atoms with van der Waals surface area (Å²) in [7, 11) is -3.66. The third kappa shape index (κ3) is 3.18. The SMILES string of the molecule is CCc1ncc(S(=O)(=O)NCC2(CC(=O)O)CCC2)[nH]1. The van der Waals surface area contributed by atoms with Crippen molar-refractivity contribution < 1.29 is 18.3 Å². The minimum atomic E-state index is -3.66. The molecular weight excluding hydrogens is 282 g/mol. The highest BCUT2D eigenvalue weighted by Gasteiger charge is 2.40. The van der Waals surface area contributed by atoms with Gasteiger partial charge in [-0.25, -0.2) is 18.1 Å². The molecule has 1 fully saturated rings. The molecule has 3 N–H and O–H groups in total. The summed E-state index contributed by atoms with van der Waals surface area (Å²) in [5.41, 5.74) is -0.438. The van der Waals surface area contributed by atoms with Crippen LogP contribution in [-0.2, 0) is 21.2 Å². The van der Waals surface area contributed by atoms with Gasteiger partial charge in [-0.05, 0) is 18.3 Å². The van der Waals surface area contributed by atoms with Gasteiger partial charge < -0.3 is 10.1 Å². The summed E-state index contributed by atoms with van der Waals surface area (Å²) in [4.78, 5) is 17.5. The van der Waals surface area contributed by atoms with Crippen LogP contribution in [0.4, 0.5) is 0 Å². The summed E-state index contributed by atoms with van der Waals surface area (Å²) in [5, 5.41) is 8.93. The highest BCUT2D eigenvalue weighted by molar-refractivity contribution is 7.89. The van der Waals surface area contributed by atoms with Crippen LogP contribution in [0, 0.1) is 5.41 Å². The zero-order valence-electron chi connectivity index (χ0n) is 11.3. The van der Waals surface area contributed by atoms with Crippen LogP contribution < -0.4 is 4.72 Å². The van der Waals surface area contributed by atoms with E-state index in [-0.39, 0.29) is 18.0 Å². The number of aromatic nitrogens is 2. The summed E-state index contributed by atoms with van der Waals surface area (Å²) in [6.07, 6.45) is 4.33. The number of H-pyrrole nitrogens is 1. The van der Waals surface area contributed by atoms with Gasteiger partial charge in [0.1, 0.15) is 5.82 Å². The number of rotatable bonds is 7. The van der Waals surface area contributed by atoms with Crippen LogP contribution >= 0.6 is 0 Å². The minimum Gasteiger partial charge on any atom is -0.481 e. The molecule has 8 heteroatoms. The zero-order valence-corrected chi connectivity index (χ0v) is 12.2. The molecule has 2 rings (SSSR count). The summed E-state index contributed by atoms with van der Waals surface area (Å²) < 4.78 is 26.7. The number of aryl methyl sites for hydroxylation is 1. The van der Waals surface area contributed by atoms with Gasteiger partial charge in [0.25, 0.3) is 10.0 Å².